The molecule has 0 bridgehead atoms. The minimum absolute atomic E-state index is 0.117. The molecule has 3 rings (SSSR count). The van der Waals surface area contributed by atoms with Crippen molar-refractivity contribution in [1.29, 1.82) is 0 Å². The molecule has 0 saturated carbocycles. The first-order valence-electron chi connectivity index (χ1n) is 9.46. The molecule has 1 N–H and O–H groups in total. The number of aryl methyl sites for hydroxylation is 2. The van der Waals surface area contributed by atoms with Gasteiger partial charge in [-0.15, -0.1) is 10.2 Å². The summed E-state index contributed by atoms with van der Waals surface area (Å²) < 4.78 is 11.2. The van der Waals surface area contributed by atoms with Gasteiger partial charge >= 0.3 is 0 Å². The summed E-state index contributed by atoms with van der Waals surface area (Å²) in [6, 6.07) is 12.8. The van der Waals surface area contributed by atoms with Crippen LogP contribution >= 0.6 is 35.0 Å². The van der Waals surface area contributed by atoms with Crippen molar-refractivity contribution in [2.24, 2.45) is 0 Å². The van der Waals surface area contributed by atoms with Crippen LogP contribution in [0.1, 0.15) is 24.8 Å². The second kappa shape index (κ2) is 11.2. The Labute approximate surface area is 189 Å². The monoisotopic (exact) mass is 465 g/mol. The Hall–Kier alpha value is -2.22. The molecule has 1 aromatic heterocycles. The van der Waals surface area contributed by atoms with E-state index in [1.54, 1.807) is 18.2 Å². The molecule has 0 fully saturated rings. The fourth-order valence-electron chi connectivity index (χ4n) is 2.66. The van der Waals surface area contributed by atoms with Gasteiger partial charge in [-0.3, -0.25) is 4.79 Å². The predicted octanol–water partition coefficient (Wildman–Crippen LogP) is 5.68. The first-order valence-corrected chi connectivity index (χ1v) is 11.2. The summed E-state index contributed by atoms with van der Waals surface area (Å²) in [6.45, 7) is 2.50. The maximum atomic E-state index is 12.2. The largest absolute Gasteiger partial charge is 0.492 e. The van der Waals surface area contributed by atoms with E-state index in [1.807, 2.05) is 24.3 Å². The van der Waals surface area contributed by atoms with Crippen molar-refractivity contribution >= 4 is 46.6 Å². The Morgan fingerprint density at radius 3 is 2.83 bits per heavy atom. The van der Waals surface area contributed by atoms with Crippen molar-refractivity contribution in [1.82, 2.24) is 10.2 Å². The van der Waals surface area contributed by atoms with Crippen LogP contribution in [-0.4, -0.2) is 28.5 Å². The predicted molar refractivity (Wildman–Crippen MR) is 120 cm³/mol. The number of carbonyl (C=O) groups is 1. The van der Waals surface area contributed by atoms with E-state index in [0.717, 1.165) is 17.7 Å². The van der Waals surface area contributed by atoms with Crippen molar-refractivity contribution in [2.75, 3.05) is 17.7 Å². The van der Waals surface area contributed by atoms with E-state index in [0.29, 0.717) is 46.4 Å². The number of benzene rings is 2. The Morgan fingerprint density at radius 2 is 2.03 bits per heavy atom. The highest BCUT2D eigenvalue weighted by molar-refractivity contribution is 7.99. The minimum Gasteiger partial charge on any atom is -0.492 e. The molecule has 1 heterocycles. The fraction of sp³-hybridized carbons (Fsp3) is 0.286. The van der Waals surface area contributed by atoms with E-state index < -0.39 is 0 Å². The molecule has 30 heavy (non-hydrogen) atoms. The van der Waals surface area contributed by atoms with Crippen LogP contribution in [0.3, 0.4) is 0 Å². The zero-order valence-corrected chi connectivity index (χ0v) is 18.7. The number of carbonyl (C=O) groups excluding carboxylic acids is 1. The minimum atomic E-state index is -0.117. The second-order valence-corrected chi connectivity index (χ2v) is 8.11. The van der Waals surface area contributed by atoms with Crippen LogP contribution < -0.4 is 10.1 Å². The number of ether oxygens (including phenoxy) is 1. The fourth-order valence-corrected chi connectivity index (χ4v) is 3.70. The normalized spacial score (nSPS) is 10.8. The van der Waals surface area contributed by atoms with E-state index in [1.165, 1.54) is 11.8 Å². The lowest BCUT2D eigenvalue weighted by Gasteiger charge is -2.08. The van der Waals surface area contributed by atoms with Gasteiger partial charge in [0.15, 0.2) is 0 Å². The van der Waals surface area contributed by atoms with Crippen LogP contribution in [-0.2, 0) is 17.6 Å². The number of aromatic nitrogens is 2. The summed E-state index contributed by atoms with van der Waals surface area (Å²) in [7, 11) is 0. The molecule has 2 aromatic carbocycles. The van der Waals surface area contributed by atoms with Crippen molar-refractivity contribution in [3.8, 4) is 5.75 Å². The van der Waals surface area contributed by atoms with Gasteiger partial charge in [-0.2, -0.15) is 0 Å². The summed E-state index contributed by atoms with van der Waals surface area (Å²) >= 11 is 13.1. The van der Waals surface area contributed by atoms with Gasteiger partial charge in [-0.05, 0) is 42.7 Å². The SMILES string of the molecule is CCc1ccccc1NC(=O)CSc1nnc(CCCOc2ccc(Cl)cc2Cl)o1. The van der Waals surface area contributed by atoms with Crippen LogP contribution in [0.15, 0.2) is 52.1 Å². The molecule has 158 valence electrons. The average Bonchev–Trinajstić information content (AvgIpc) is 3.19. The van der Waals surface area contributed by atoms with E-state index in [2.05, 4.69) is 22.4 Å². The van der Waals surface area contributed by atoms with Crippen molar-refractivity contribution in [2.45, 2.75) is 31.4 Å². The van der Waals surface area contributed by atoms with Gasteiger partial charge in [-0.1, -0.05) is 60.1 Å². The number of para-hydroxylation sites is 1. The Bertz CT molecular complexity index is 997. The van der Waals surface area contributed by atoms with E-state index in [9.17, 15) is 4.79 Å². The molecule has 0 aliphatic heterocycles. The third-order valence-corrected chi connectivity index (χ3v) is 5.48. The van der Waals surface area contributed by atoms with Gasteiger partial charge in [0.1, 0.15) is 5.75 Å². The number of nitrogens with zero attached hydrogens (tertiary/aromatic N) is 2. The number of anilines is 1. The van der Waals surface area contributed by atoms with E-state index in [4.69, 9.17) is 32.4 Å². The van der Waals surface area contributed by atoms with Crippen molar-refractivity contribution < 1.29 is 13.9 Å². The quantitative estimate of drug-likeness (QED) is 0.306. The van der Waals surface area contributed by atoms with Crippen LogP contribution in [0.2, 0.25) is 10.0 Å². The first-order chi connectivity index (χ1) is 14.5. The molecule has 0 saturated heterocycles. The molecule has 9 heteroatoms. The highest BCUT2D eigenvalue weighted by atomic mass is 35.5. The van der Waals surface area contributed by atoms with Gasteiger partial charge in [0, 0.05) is 17.1 Å². The molecular weight excluding hydrogens is 445 g/mol. The van der Waals surface area contributed by atoms with Crippen LogP contribution in [0.4, 0.5) is 5.69 Å². The summed E-state index contributed by atoms with van der Waals surface area (Å²) in [6.07, 6.45) is 2.10. The summed E-state index contributed by atoms with van der Waals surface area (Å²) in [5.74, 6) is 1.16. The maximum Gasteiger partial charge on any atom is 0.277 e. The lowest BCUT2D eigenvalue weighted by molar-refractivity contribution is -0.113. The Kier molecular flexibility index (Phi) is 8.42. The van der Waals surface area contributed by atoms with Crippen LogP contribution in [0.25, 0.3) is 0 Å². The summed E-state index contributed by atoms with van der Waals surface area (Å²) in [4.78, 5) is 12.2. The lowest BCUT2D eigenvalue weighted by Crippen LogP contribution is -2.15. The first kappa shape index (κ1) is 22.5. The molecule has 1 amide bonds. The topological polar surface area (TPSA) is 77.2 Å². The zero-order chi connectivity index (χ0) is 21.3. The zero-order valence-electron chi connectivity index (χ0n) is 16.4. The smallest absolute Gasteiger partial charge is 0.277 e. The molecule has 0 atom stereocenters. The number of nitrogens with one attached hydrogen (secondary N) is 1. The van der Waals surface area contributed by atoms with E-state index in [-0.39, 0.29) is 11.7 Å². The molecule has 0 spiro atoms. The van der Waals surface area contributed by atoms with Crippen molar-refractivity contribution in [3.63, 3.8) is 0 Å². The lowest BCUT2D eigenvalue weighted by atomic mass is 10.1. The Balaban J connectivity index is 1.40. The third kappa shape index (κ3) is 6.65. The van der Waals surface area contributed by atoms with Gasteiger partial charge in [0.25, 0.3) is 5.22 Å². The maximum absolute atomic E-state index is 12.2. The summed E-state index contributed by atoms with van der Waals surface area (Å²) in [5, 5.41) is 12.3. The molecule has 3 aromatic rings. The molecule has 0 radical (unpaired) electrons. The van der Waals surface area contributed by atoms with Gasteiger partial charge < -0.3 is 14.5 Å². The number of amides is 1. The molecule has 0 aliphatic carbocycles. The second-order valence-electron chi connectivity index (χ2n) is 6.34. The number of hydrogen-bond donors (Lipinski definition) is 1. The van der Waals surface area contributed by atoms with Crippen LogP contribution in [0.5, 0.6) is 5.75 Å². The van der Waals surface area contributed by atoms with Gasteiger partial charge in [-0.25, -0.2) is 0 Å². The molecule has 0 aliphatic rings. The van der Waals surface area contributed by atoms with Crippen LogP contribution in [0, 0.1) is 0 Å². The molecule has 6 nitrogen and oxygen atoms in total. The molecule has 0 unspecified atom stereocenters. The Morgan fingerprint density at radius 1 is 1.20 bits per heavy atom. The highest BCUT2D eigenvalue weighted by Crippen LogP contribution is 2.27. The number of hydrogen-bond acceptors (Lipinski definition) is 6. The third-order valence-electron chi connectivity index (χ3n) is 4.13. The number of halogens is 2. The number of thioether (sulfide) groups is 1. The average molecular weight is 466 g/mol. The molecular formula is C21H21Cl2N3O3S. The van der Waals surface area contributed by atoms with Gasteiger partial charge in [0.2, 0.25) is 11.8 Å². The van der Waals surface area contributed by atoms with Crippen molar-refractivity contribution in [3.05, 3.63) is 64.0 Å². The van der Waals surface area contributed by atoms with E-state index >= 15 is 0 Å². The standard InChI is InChI=1S/C21H21Cl2N3O3S/c1-2-14-6-3-4-7-17(14)24-19(27)13-30-21-26-25-20(29-21)8-5-11-28-18-10-9-15(22)12-16(18)23/h3-4,6-7,9-10,12H,2,5,8,11,13H2,1H3,(H,24,27). The van der Waals surface area contributed by atoms with Gasteiger partial charge in [0.05, 0.1) is 17.4 Å². The highest BCUT2D eigenvalue weighted by Gasteiger charge is 2.11. The summed E-state index contributed by atoms with van der Waals surface area (Å²) in [5.41, 5.74) is 1.93. The number of rotatable bonds is 10.